The van der Waals surface area contributed by atoms with Gasteiger partial charge in [-0.1, -0.05) is 6.92 Å². The maximum Gasteiger partial charge on any atom is 0.124 e. The third-order valence-electron chi connectivity index (χ3n) is 3.17. The first-order chi connectivity index (χ1) is 8.86. The Kier molecular flexibility index (Phi) is 3.39. The number of aromatic nitrogens is 2. The average Bonchev–Trinajstić information content (AvgIpc) is 3.16. The summed E-state index contributed by atoms with van der Waals surface area (Å²) in [5.41, 5.74) is 2.40. The lowest BCUT2D eigenvalue weighted by Crippen LogP contribution is -2.15. The van der Waals surface area contributed by atoms with E-state index in [9.17, 15) is 0 Å². The lowest BCUT2D eigenvalue weighted by atomic mass is 10.2. The molecule has 94 valence electrons. The van der Waals surface area contributed by atoms with Gasteiger partial charge in [0.1, 0.15) is 5.01 Å². The van der Waals surface area contributed by atoms with Gasteiger partial charge < -0.3 is 5.32 Å². The van der Waals surface area contributed by atoms with Crippen LogP contribution in [0.1, 0.15) is 30.3 Å². The lowest BCUT2D eigenvalue weighted by molar-refractivity contribution is 0.689. The fraction of sp³-hybridized carbons (Fsp3) is 0.429. The van der Waals surface area contributed by atoms with Gasteiger partial charge in [-0.05, 0) is 31.4 Å². The summed E-state index contributed by atoms with van der Waals surface area (Å²) in [6.07, 6.45) is 7.31. The van der Waals surface area contributed by atoms with Crippen LogP contribution < -0.4 is 5.32 Å². The van der Waals surface area contributed by atoms with E-state index in [1.807, 2.05) is 24.5 Å². The van der Waals surface area contributed by atoms with Gasteiger partial charge in [-0.25, -0.2) is 4.98 Å². The predicted octanol–water partition coefficient (Wildman–Crippen LogP) is 3.02. The molecule has 3 nitrogen and oxygen atoms in total. The molecule has 0 bridgehead atoms. The molecular weight excluding hydrogens is 242 g/mol. The van der Waals surface area contributed by atoms with Crippen molar-refractivity contribution in [3.63, 3.8) is 0 Å². The number of nitrogens with zero attached hydrogens (tertiary/aromatic N) is 2. The molecule has 0 radical (unpaired) electrons. The molecule has 1 aliphatic rings. The number of pyridine rings is 1. The van der Waals surface area contributed by atoms with Crippen LogP contribution in [-0.4, -0.2) is 16.0 Å². The number of aryl methyl sites for hydroxylation is 1. The van der Waals surface area contributed by atoms with Crippen molar-refractivity contribution in [3.05, 3.63) is 35.1 Å². The molecule has 18 heavy (non-hydrogen) atoms. The van der Waals surface area contributed by atoms with Crippen molar-refractivity contribution >= 4 is 11.3 Å². The van der Waals surface area contributed by atoms with Crippen LogP contribution in [0.2, 0.25) is 0 Å². The van der Waals surface area contributed by atoms with Crippen LogP contribution in [0, 0.1) is 0 Å². The maximum absolute atomic E-state index is 4.75. The summed E-state index contributed by atoms with van der Waals surface area (Å²) < 4.78 is 0. The molecule has 0 aliphatic heterocycles. The molecule has 0 saturated heterocycles. The van der Waals surface area contributed by atoms with Crippen LogP contribution in [0.4, 0.5) is 0 Å². The van der Waals surface area contributed by atoms with E-state index in [0.717, 1.165) is 24.0 Å². The summed E-state index contributed by atoms with van der Waals surface area (Å²) in [4.78, 5) is 10.2. The molecule has 1 fully saturated rings. The summed E-state index contributed by atoms with van der Waals surface area (Å²) in [6, 6.07) is 4.80. The van der Waals surface area contributed by atoms with Crippen molar-refractivity contribution in [1.82, 2.24) is 15.3 Å². The van der Waals surface area contributed by atoms with Crippen molar-refractivity contribution in [3.8, 4) is 10.6 Å². The fourth-order valence-corrected chi connectivity index (χ4v) is 3.05. The Bertz CT molecular complexity index is 517. The van der Waals surface area contributed by atoms with Crippen LogP contribution in [0.25, 0.3) is 10.6 Å². The number of rotatable bonds is 5. The van der Waals surface area contributed by atoms with Crippen molar-refractivity contribution < 1.29 is 0 Å². The van der Waals surface area contributed by atoms with Crippen molar-refractivity contribution in [2.45, 2.75) is 38.8 Å². The van der Waals surface area contributed by atoms with E-state index < -0.39 is 0 Å². The molecule has 0 aromatic carbocycles. The Morgan fingerprint density at radius 1 is 1.33 bits per heavy atom. The first-order valence-electron chi connectivity index (χ1n) is 6.49. The van der Waals surface area contributed by atoms with Gasteiger partial charge in [0.2, 0.25) is 0 Å². The van der Waals surface area contributed by atoms with Crippen LogP contribution in [0.5, 0.6) is 0 Å². The highest BCUT2D eigenvalue weighted by atomic mass is 32.1. The third kappa shape index (κ3) is 2.60. The zero-order valence-corrected chi connectivity index (χ0v) is 11.3. The molecule has 3 rings (SSSR count). The molecule has 4 heteroatoms. The van der Waals surface area contributed by atoms with Gasteiger partial charge in [0.15, 0.2) is 0 Å². The smallest absolute Gasteiger partial charge is 0.124 e. The van der Waals surface area contributed by atoms with Gasteiger partial charge >= 0.3 is 0 Å². The molecule has 2 aromatic heterocycles. The predicted molar refractivity (Wildman–Crippen MR) is 74.6 cm³/mol. The molecule has 1 N–H and O–H groups in total. The first-order valence-corrected chi connectivity index (χ1v) is 7.31. The second-order valence-corrected chi connectivity index (χ2v) is 5.72. The molecule has 2 heterocycles. The number of hydrogen-bond acceptors (Lipinski definition) is 4. The van der Waals surface area contributed by atoms with E-state index in [0.29, 0.717) is 0 Å². The van der Waals surface area contributed by atoms with E-state index >= 15 is 0 Å². The van der Waals surface area contributed by atoms with Gasteiger partial charge in [0.05, 0.1) is 5.69 Å². The zero-order valence-electron chi connectivity index (χ0n) is 10.5. The Balaban J connectivity index is 1.82. The highest BCUT2D eigenvalue weighted by Gasteiger charge is 2.21. The SMILES string of the molecule is CCc1nc(-c2ccncc2)sc1CNC1CC1. The zero-order chi connectivity index (χ0) is 12.4. The molecule has 0 amide bonds. The molecular formula is C14H17N3S. The Labute approximate surface area is 111 Å². The molecule has 0 atom stereocenters. The number of thiazole rings is 1. The van der Waals surface area contributed by atoms with E-state index in [-0.39, 0.29) is 0 Å². The lowest BCUT2D eigenvalue weighted by Gasteiger charge is -2.00. The van der Waals surface area contributed by atoms with Crippen LogP contribution in [-0.2, 0) is 13.0 Å². The van der Waals surface area contributed by atoms with Crippen LogP contribution in [0.3, 0.4) is 0 Å². The largest absolute Gasteiger partial charge is 0.309 e. The summed E-state index contributed by atoms with van der Waals surface area (Å²) in [5.74, 6) is 0. The molecule has 0 unspecified atom stereocenters. The van der Waals surface area contributed by atoms with Gasteiger partial charge in [0, 0.05) is 35.4 Å². The second-order valence-electron chi connectivity index (χ2n) is 4.63. The first kappa shape index (κ1) is 11.8. The van der Waals surface area contributed by atoms with Gasteiger partial charge in [-0.2, -0.15) is 0 Å². The maximum atomic E-state index is 4.75. The van der Waals surface area contributed by atoms with Crippen LogP contribution in [0.15, 0.2) is 24.5 Å². The van der Waals surface area contributed by atoms with Gasteiger partial charge in [0.25, 0.3) is 0 Å². The fourth-order valence-electron chi connectivity index (χ4n) is 1.94. The van der Waals surface area contributed by atoms with E-state index in [1.54, 1.807) is 11.3 Å². The highest BCUT2D eigenvalue weighted by Crippen LogP contribution is 2.29. The highest BCUT2D eigenvalue weighted by molar-refractivity contribution is 7.15. The molecule has 0 spiro atoms. The van der Waals surface area contributed by atoms with Gasteiger partial charge in [-0.3, -0.25) is 4.98 Å². The van der Waals surface area contributed by atoms with Gasteiger partial charge in [-0.15, -0.1) is 11.3 Å². The molecule has 1 aliphatic carbocycles. The monoisotopic (exact) mass is 259 g/mol. The topological polar surface area (TPSA) is 37.8 Å². The number of nitrogens with one attached hydrogen (secondary N) is 1. The summed E-state index contributed by atoms with van der Waals surface area (Å²) >= 11 is 1.81. The Hall–Kier alpha value is -1.26. The van der Waals surface area contributed by atoms with E-state index in [2.05, 4.69) is 17.2 Å². The normalized spacial score (nSPS) is 14.9. The Morgan fingerprint density at radius 3 is 2.78 bits per heavy atom. The molecule has 1 saturated carbocycles. The quantitative estimate of drug-likeness (QED) is 0.897. The van der Waals surface area contributed by atoms with Crippen LogP contribution >= 0.6 is 11.3 Å². The Morgan fingerprint density at radius 2 is 2.11 bits per heavy atom. The summed E-state index contributed by atoms with van der Waals surface area (Å²) in [7, 11) is 0. The molecule has 2 aromatic rings. The summed E-state index contributed by atoms with van der Waals surface area (Å²) in [6.45, 7) is 3.14. The minimum absolute atomic E-state index is 0.751. The van der Waals surface area contributed by atoms with Crippen molar-refractivity contribution in [2.75, 3.05) is 0 Å². The standard InChI is InChI=1S/C14H17N3S/c1-2-12-13(9-16-11-3-4-11)18-14(17-12)10-5-7-15-8-6-10/h5-8,11,16H,2-4,9H2,1H3. The van der Waals surface area contributed by atoms with Crippen molar-refractivity contribution in [2.24, 2.45) is 0 Å². The number of hydrogen-bond donors (Lipinski definition) is 1. The van der Waals surface area contributed by atoms with E-state index in [1.165, 1.54) is 29.0 Å². The minimum atomic E-state index is 0.751. The third-order valence-corrected chi connectivity index (χ3v) is 4.32. The van der Waals surface area contributed by atoms with E-state index in [4.69, 9.17) is 4.98 Å². The summed E-state index contributed by atoms with van der Waals surface area (Å²) in [5, 5.41) is 4.68. The average molecular weight is 259 g/mol. The minimum Gasteiger partial charge on any atom is -0.309 e. The van der Waals surface area contributed by atoms with Crippen molar-refractivity contribution in [1.29, 1.82) is 0 Å². The second kappa shape index (κ2) is 5.16.